The Hall–Kier alpha value is -2.44. The minimum Gasteiger partial charge on any atom is -0.494 e. The van der Waals surface area contributed by atoms with E-state index in [0.717, 1.165) is 0 Å². The van der Waals surface area contributed by atoms with Crippen LogP contribution in [-0.4, -0.2) is 40.2 Å². The summed E-state index contributed by atoms with van der Waals surface area (Å²) < 4.78 is 10.8. The zero-order chi connectivity index (χ0) is 14.5. The van der Waals surface area contributed by atoms with Crippen molar-refractivity contribution in [3.63, 3.8) is 0 Å². The number of hydrogen-bond donors (Lipinski definition) is 1. The second-order valence-electron chi connectivity index (χ2n) is 4.24. The number of methoxy groups -OCH3 is 1. The Morgan fingerprint density at radius 3 is 2.65 bits per heavy atom. The van der Waals surface area contributed by atoms with Gasteiger partial charge in [0.15, 0.2) is 5.82 Å². The Morgan fingerprint density at radius 2 is 2.00 bits per heavy atom. The molecule has 0 amide bonds. The Labute approximate surface area is 117 Å². The number of anilines is 1. The fourth-order valence-corrected chi connectivity index (χ4v) is 1.56. The van der Waals surface area contributed by atoms with Crippen molar-refractivity contribution in [1.29, 1.82) is 0 Å². The zero-order valence-electron chi connectivity index (χ0n) is 11.9. The summed E-state index contributed by atoms with van der Waals surface area (Å²) in [5.41, 5.74) is 0.544. The van der Waals surface area contributed by atoms with Crippen molar-refractivity contribution >= 4 is 5.95 Å². The highest BCUT2D eigenvalue weighted by atomic mass is 16.5. The Kier molecular flexibility index (Phi) is 4.29. The third-order valence-corrected chi connectivity index (χ3v) is 2.38. The van der Waals surface area contributed by atoms with Crippen LogP contribution in [0.2, 0.25) is 0 Å². The molecule has 0 bridgehead atoms. The van der Waals surface area contributed by atoms with Crippen molar-refractivity contribution < 1.29 is 9.47 Å². The summed E-state index contributed by atoms with van der Waals surface area (Å²) in [6, 6.07) is 3.84. The van der Waals surface area contributed by atoms with Crippen molar-refractivity contribution in [3.05, 3.63) is 18.3 Å². The quantitative estimate of drug-likeness (QED) is 0.890. The van der Waals surface area contributed by atoms with Crippen LogP contribution in [0.15, 0.2) is 18.3 Å². The van der Waals surface area contributed by atoms with Gasteiger partial charge < -0.3 is 14.8 Å². The van der Waals surface area contributed by atoms with Crippen molar-refractivity contribution in [1.82, 2.24) is 19.9 Å². The van der Waals surface area contributed by atoms with Gasteiger partial charge >= 0.3 is 6.01 Å². The monoisotopic (exact) mass is 275 g/mol. The van der Waals surface area contributed by atoms with Crippen LogP contribution in [0.5, 0.6) is 11.8 Å². The van der Waals surface area contributed by atoms with Crippen LogP contribution in [0.1, 0.15) is 13.8 Å². The van der Waals surface area contributed by atoms with E-state index in [0.29, 0.717) is 23.2 Å². The predicted octanol–water partition coefficient (Wildman–Crippen LogP) is 1.77. The largest absolute Gasteiger partial charge is 0.494 e. The zero-order valence-corrected chi connectivity index (χ0v) is 11.9. The van der Waals surface area contributed by atoms with E-state index in [2.05, 4.69) is 25.3 Å². The molecule has 2 aromatic rings. The molecule has 7 heteroatoms. The third kappa shape index (κ3) is 3.11. The second kappa shape index (κ2) is 6.14. The van der Waals surface area contributed by atoms with Crippen molar-refractivity contribution in [2.75, 3.05) is 19.5 Å². The molecule has 0 radical (unpaired) electrons. The molecule has 0 unspecified atom stereocenters. The summed E-state index contributed by atoms with van der Waals surface area (Å²) in [6.07, 6.45) is 1.63. The first-order valence-corrected chi connectivity index (χ1v) is 6.24. The fourth-order valence-electron chi connectivity index (χ4n) is 1.56. The normalized spacial score (nSPS) is 10.4. The van der Waals surface area contributed by atoms with Gasteiger partial charge in [0.1, 0.15) is 11.4 Å². The van der Waals surface area contributed by atoms with E-state index < -0.39 is 0 Å². The second-order valence-corrected chi connectivity index (χ2v) is 4.24. The van der Waals surface area contributed by atoms with Gasteiger partial charge in [0.25, 0.3) is 0 Å². The van der Waals surface area contributed by atoms with E-state index in [1.807, 2.05) is 13.8 Å². The SMILES string of the molecule is CNc1nc(OC(C)C)nc(-c2ncccc2OC)n1. The third-order valence-electron chi connectivity index (χ3n) is 2.38. The van der Waals surface area contributed by atoms with Gasteiger partial charge in [-0.25, -0.2) is 4.98 Å². The molecule has 0 atom stereocenters. The van der Waals surface area contributed by atoms with Crippen LogP contribution in [0.4, 0.5) is 5.95 Å². The molecule has 2 aromatic heterocycles. The van der Waals surface area contributed by atoms with Gasteiger partial charge in [0, 0.05) is 13.2 Å². The first kappa shape index (κ1) is 14.0. The maximum absolute atomic E-state index is 5.52. The van der Waals surface area contributed by atoms with Crippen molar-refractivity contribution in [3.8, 4) is 23.3 Å². The summed E-state index contributed by atoms with van der Waals surface area (Å²) in [5.74, 6) is 1.41. The van der Waals surface area contributed by atoms with Gasteiger partial charge in [0.05, 0.1) is 13.2 Å². The van der Waals surface area contributed by atoms with E-state index in [-0.39, 0.29) is 12.1 Å². The van der Waals surface area contributed by atoms with E-state index >= 15 is 0 Å². The molecule has 0 aliphatic heterocycles. The lowest BCUT2D eigenvalue weighted by Gasteiger charge is -2.11. The highest BCUT2D eigenvalue weighted by Crippen LogP contribution is 2.25. The topological polar surface area (TPSA) is 82.1 Å². The van der Waals surface area contributed by atoms with Gasteiger partial charge in [0.2, 0.25) is 5.95 Å². The first-order valence-electron chi connectivity index (χ1n) is 6.24. The molecule has 0 fully saturated rings. The number of hydrogen-bond acceptors (Lipinski definition) is 7. The van der Waals surface area contributed by atoms with Crippen LogP contribution in [0.3, 0.4) is 0 Å². The minimum atomic E-state index is -0.0272. The Balaban J connectivity index is 2.49. The van der Waals surface area contributed by atoms with Crippen LogP contribution in [0, 0.1) is 0 Å². The van der Waals surface area contributed by atoms with E-state index in [9.17, 15) is 0 Å². The Bertz CT molecular complexity index is 589. The van der Waals surface area contributed by atoms with Crippen molar-refractivity contribution in [2.45, 2.75) is 20.0 Å². The van der Waals surface area contributed by atoms with Crippen LogP contribution in [0.25, 0.3) is 11.5 Å². The lowest BCUT2D eigenvalue weighted by atomic mass is 10.3. The standard InChI is InChI=1S/C13H17N5O2/c1-8(2)20-13-17-11(16-12(14-3)18-13)10-9(19-4)6-5-7-15-10/h5-8H,1-4H3,(H,14,16,17,18). The molecule has 106 valence electrons. The number of aromatic nitrogens is 4. The smallest absolute Gasteiger partial charge is 0.322 e. The molecule has 0 spiro atoms. The van der Waals surface area contributed by atoms with Gasteiger partial charge in [-0.2, -0.15) is 15.0 Å². The van der Waals surface area contributed by atoms with Gasteiger partial charge in [-0.1, -0.05) is 0 Å². The van der Waals surface area contributed by atoms with Crippen LogP contribution < -0.4 is 14.8 Å². The van der Waals surface area contributed by atoms with Gasteiger partial charge in [-0.15, -0.1) is 0 Å². The summed E-state index contributed by atoms with van der Waals surface area (Å²) in [5, 5.41) is 2.88. The maximum atomic E-state index is 5.52. The molecule has 2 rings (SSSR count). The number of ether oxygens (including phenoxy) is 2. The minimum absolute atomic E-state index is 0.0272. The summed E-state index contributed by atoms with van der Waals surface area (Å²) in [6.45, 7) is 3.81. The van der Waals surface area contributed by atoms with E-state index in [1.165, 1.54) is 0 Å². The molecule has 0 aliphatic rings. The van der Waals surface area contributed by atoms with E-state index in [4.69, 9.17) is 9.47 Å². The van der Waals surface area contributed by atoms with E-state index in [1.54, 1.807) is 32.5 Å². The average molecular weight is 275 g/mol. The lowest BCUT2D eigenvalue weighted by Crippen LogP contribution is -2.11. The summed E-state index contributed by atoms with van der Waals surface area (Å²) in [7, 11) is 3.31. The molecule has 1 N–H and O–H groups in total. The molecule has 20 heavy (non-hydrogen) atoms. The molecular weight excluding hydrogens is 258 g/mol. The number of rotatable bonds is 5. The molecule has 7 nitrogen and oxygen atoms in total. The average Bonchev–Trinajstić information content (AvgIpc) is 2.46. The van der Waals surface area contributed by atoms with Gasteiger partial charge in [-0.05, 0) is 26.0 Å². The molecular formula is C13H17N5O2. The number of nitrogens with zero attached hydrogens (tertiary/aromatic N) is 4. The molecule has 2 heterocycles. The van der Waals surface area contributed by atoms with Crippen LogP contribution in [-0.2, 0) is 0 Å². The fraction of sp³-hybridized carbons (Fsp3) is 0.385. The molecule has 0 saturated heterocycles. The predicted molar refractivity (Wildman–Crippen MR) is 74.9 cm³/mol. The molecule has 0 aromatic carbocycles. The number of nitrogens with one attached hydrogen (secondary N) is 1. The summed E-state index contributed by atoms with van der Waals surface area (Å²) in [4.78, 5) is 17.0. The molecule has 0 saturated carbocycles. The summed E-state index contributed by atoms with van der Waals surface area (Å²) >= 11 is 0. The highest BCUT2D eigenvalue weighted by molar-refractivity contribution is 5.59. The first-order chi connectivity index (χ1) is 9.63. The Morgan fingerprint density at radius 1 is 1.20 bits per heavy atom. The van der Waals surface area contributed by atoms with Crippen LogP contribution >= 0.6 is 0 Å². The van der Waals surface area contributed by atoms with Crippen molar-refractivity contribution in [2.24, 2.45) is 0 Å². The molecule has 0 aliphatic carbocycles. The van der Waals surface area contributed by atoms with Gasteiger partial charge in [-0.3, -0.25) is 0 Å². The lowest BCUT2D eigenvalue weighted by molar-refractivity contribution is 0.222. The maximum Gasteiger partial charge on any atom is 0.322 e. The number of pyridine rings is 1. The highest BCUT2D eigenvalue weighted by Gasteiger charge is 2.14.